The number of hydrogen-bond donors (Lipinski definition) is 1. The highest BCUT2D eigenvalue weighted by Crippen LogP contribution is 2.42. The van der Waals surface area contributed by atoms with E-state index in [4.69, 9.17) is 4.74 Å². The van der Waals surface area contributed by atoms with Crippen LogP contribution in [0, 0.1) is 12.3 Å². The molecule has 2 rings (SSSR count). The quantitative estimate of drug-likeness (QED) is 0.862. The molecule has 0 radical (unpaired) electrons. The molecule has 0 spiro atoms. The fourth-order valence-corrected chi connectivity index (χ4v) is 2.46. The van der Waals surface area contributed by atoms with E-state index in [0.717, 1.165) is 18.7 Å². The Hall–Kier alpha value is -1.02. The minimum Gasteiger partial charge on any atom is -0.490 e. The molecule has 2 nitrogen and oxygen atoms in total. The summed E-state index contributed by atoms with van der Waals surface area (Å²) in [6.07, 6.45) is 1.43. The fraction of sp³-hybridized carbons (Fsp3) is 0.600. The maximum Gasteiger partial charge on any atom is 0.119 e. The average molecular weight is 233 g/mol. The van der Waals surface area contributed by atoms with Crippen LogP contribution in [-0.4, -0.2) is 18.7 Å². The van der Waals surface area contributed by atoms with Crippen LogP contribution in [0.2, 0.25) is 0 Å². The molecular formula is C15H23NO. The molecule has 1 saturated carbocycles. The third-order valence-corrected chi connectivity index (χ3v) is 3.93. The monoisotopic (exact) mass is 233 g/mol. The van der Waals surface area contributed by atoms with Crippen LogP contribution in [-0.2, 0) is 0 Å². The van der Waals surface area contributed by atoms with Crippen molar-refractivity contribution in [2.75, 3.05) is 6.54 Å². The van der Waals surface area contributed by atoms with Gasteiger partial charge in [-0.25, -0.2) is 0 Å². The number of benzene rings is 1. The number of ether oxygens (including phenoxy) is 1. The lowest BCUT2D eigenvalue weighted by Gasteiger charge is -2.51. The summed E-state index contributed by atoms with van der Waals surface area (Å²) in [5.74, 6) is 0.989. The zero-order valence-corrected chi connectivity index (χ0v) is 11.3. The van der Waals surface area contributed by atoms with E-state index in [-0.39, 0.29) is 5.41 Å². The topological polar surface area (TPSA) is 21.3 Å². The molecule has 0 heterocycles. The summed E-state index contributed by atoms with van der Waals surface area (Å²) in [6.45, 7) is 9.85. The standard InChI is InChI=1S/C15H23NO/c1-5-16-13-10-14(15(13,3)4)17-12-8-6-11(2)7-9-12/h6-9,13-14,16H,5,10H2,1-4H3. The van der Waals surface area contributed by atoms with E-state index in [9.17, 15) is 0 Å². The van der Waals surface area contributed by atoms with Gasteiger partial charge in [-0.05, 0) is 25.6 Å². The molecule has 1 aromatic carbocycles. The lowest BCUT2D eigenvalue weighted by Crippen LogP contribution is -2.62. The molecular weight excluding hydrogens is 210 g/mol. The molecule has 1 fully saturated rings. The van der Waals surface area contributed by atoms with Crippen LogP contribution in [0.1, 0.15) is 32.8 Å². The molecule has 0 saturated heterocycles. The van der Waals surface area contributed by atoms with Crippen molar-refractivity contribution in [3.63, 3.8) is 0 Å². The van der Waals surface area contributed by atoms with Crippen molar-refractivity contribution in [1.29, 1.82) is 0 Å². The van der Waals surface area contributed by atoms with Gasteiger partial charge in [-0.1, -0.05) is 38.5 Å². The van der Waals surface area contributed by atoms with Crippen molar-refractivity contribution in [3.05, 3.63) is 29.8 Å². The third kappa shape index (κ3) is 2.47. The van der Waals surface area contributed by atoms with Gasteiger partial charge in [0.25, 0.3) is 0 Å². The van der Waals surface area contributed by atoms with E-state index in [1.54, 1.807) is 0 Å². The summed E-state index contributed by atoms with van der Waals surface area (Å²) in [4.78, 5) is 0. The predicted octanol–water partition coefficient (Wildman–Crippen LogP) is 3.15. The molecule has 0 aromatic heterocycles. The van der Waals surface area contributed by atoms with Gasteiger partial charge in [-0.2, -0.15) is 0 Å². The second kappa shape index (κ2) is 4.69. The molecule has 1 aliphatic rings. The van der Waals surface area contributed by atoms with Crippen LogP contribution < -0.4 is 10.1 Å². The van der Waals surface area contributed by atoms with Gasteiger partial charge in [0, 0.05) is 17.9 Å². The number of rotatable bonds is 4. The first-order chi connectivity index (χ1) is 8.04. The second-order valence-corrected chi connectivity index (χ2v) is 5.59. The highest BCUT2D eigenvalue weighted by molar-refractivity contribution is 5.27. The van der Waals surface area contributed by atoms with Crippen LogP contribution in [0.25, 0.3) is 0 Å². The maximum atomic E-state index is 6.06. The van der Waals surface area contributed by atoms with Crippen molar-refractivity contribution in [2.24, 2.45) is 5.41 Å². The zero-order chi connectivity index (χ0) is 12.5. The van der Waals surface area contributed by atoms with Crippen molar-refractivity contribution < 1.29 is 4.74 Å². The summed E-state index contributed by atoms with van der Waals surface area (Å²) in [6, 6.07) is 8.91. The molecule has 0 amide bonds. The van der Waals surface area contributed by atoms with Crippen molar-refractivity contribution in [2.45, 2.75) is 46.3 Å². The molecule has 1 N–H and O–H groups in total. The summed E-state index contributed by atoms with van der Waals surface area (Å²) in [5.41, 5.74) is 1.50. The molecule has 2 unspecified atom stereocenters. The van der Waals surface area contributed by atoms with Crippen LogP contribution in [0.3, 0.4) is 0 Å². The molecule has 1 aliphatic carbocycles. The Balaban J connectivity index is 1.95. The highest BCUT2D eigenvalue weighted by Gasteiger charge is 2.49. The Kier molecular flexibility index (Phi) is 3.43. The Morgan fingerprint density at radius 2 is 1.94 bits per heavy atom. The van der Waals surface area contributed by atoms with Crippen molar-refractivity contribution >= 4 is 0 Å². The van der Waals surface area contributed by atoms with Crippen LogP contribution in [0.5, 0.6) is 5.75 Å². The Morgan fingerprint density at radius 3 is 2.47 bits per heavy atom. The first-order valence-corrected chi connectivity index (χ1v) is 6.50. The van der Waals surface area contributed by atoms with Crippen molar-refractivity contribution in [1.82, 2.24) is 5.32 Å². The Labute approximate surface area is 104 Å². The molecule has 2 atom stereocenters. The van der Waals surface area contributed by atoms with E-state index >= 15 is 0 Å². The van der Waals surface area contributed by atoms with E-state index in [2.05, 4.69) is 57.3 Å². The van der Waals surface area contributed by atoms with Crippen LogP contribution in [0.4, 0.5) is 0 Å². The van der Waals surface area contributed by atoms with Crippen molar-refractivity contribution in [3.8, 4) is 5.75 Å². The Bertz CT molecular complexity index is 369. The van der Waals surface area contributed by atoms with E-state index in [1.165, 1.54) is 5.56 Å². The lowest BCUT2D eigenvalue weighted by molar-refractivity contribution is -0.0541. The second-order valence-electron chi connectivity index (χ2n) is 5.59. The SMILES string of the molecule is CCNC1CC(Oc2ccc(C)cc2)C1(C)C. The average Bonchev–Trinajstić information content (AvgIpc) is 2.30. The maximum absolute atomic E-state index is 6.06. The molecule has 1 aromatic rings. The molecule has 94 valence electrons. The number of nitrogens with one attached hydrogen (secondary N) is 1. The minimum atomic E-state index is 0.223. The number of hydrogen-bond acceptors (Lipinski definition) is 2. The number of aryl methyl sites for hydroxylation is 1. The smallest absolute Gasteiger partial charge is 0.119 e. The summed E-state index contributed by atoms with van der Waals surface area (Å²) in [5, 5.41) is 3.52. The van der Waals surface area contributed by atoms with E-state index < -0.39 is 0 Å². The first-order valence-electron chi connectivity index (χ1n) is 6.50. The van der Waals surface area contributed by atoms with Crippen LogP contribution >= 0.6 is 0 Å². The van der Waals surface area contributed by atoms with Gasteiger partial charge in [0.1, 0.15) is 11.9 Å². The Morgan fingerprint density at radius 1 is 1.29 bits per heavy atom. The highest BCUT2D eigenvalue weighted by atomic mass is 16.5. The molecule has 17 heavy (non-hydrogen) atoms. The summed E-state index contributed by atoms with van der Waals surface area (Å²) < 4.78 is 6.06. The van der Waals surface area contributed by atoms with Gasteiger partial charge in [0.05, 0.1) is 0 Å². The molecule has 0 bridgehead atoms. The van der Waals surface area contributed by atoms with E-state index in [0.29, 0.717) is 12.1 Å². The van der Waals surface area contributed by atoms with Gasteiger partial charge < -0.3 is 10.1 Å². The molecule has 0 aliphatic heterocycles. The normalized spacial score (nSPS) is 26.4. The zero-order valence-electron chi connectivity index (χ0n) is 11.3. The van der Waals surface area contributed by atoms with E-state index in [1.807, 2.05) is 0 Å². The third-order valence-electron chi connectivity index (χ3n) is 3.93. The van der Waals surface area contributed by atoms with Gasteiger partial charge >= 0.3 is 0 Å². The lowest BCUT2D eigenvalue weighted by atomic mass is 9.64. The van der Waals surface area contributed by atoms with Crippen LogP contribution in [0.15, 0.2) is 24.3 Å². The molecule has 2 heteroatoms. The largest absolute Gasteiger partial charge is 0.490 e. The van der Waals surface area contributed by atoms with Gasteiger partial charge in [-0.3, -0.25) is 0 Å². The van der Waals surface area contributed by atoms with Gasteiger partial charge in [-0.15, -0.1) is 0 Å². The van der Waals surface area contributed by atoms with Gasteiger partial charge in [0.2, 0.25) is 0 Å². The predicted molar refractivity (Wildman–Crippen MR) is 71.5 cm³/mol. The summed E-state index contributed by atoms with van der Waals surface area (Å²) in [7, 11) is 0. The van der Waals surface area contributed by atoms with Gasteiger partial charge in [0.15, 0.2) is 0 Å². The first kappa shape index (κ1) is 12.4. The summed E-state index contributed by atoms with van der Waals surface area (Å²) >= 11 is 0. The fourth-order valence-electron chi connectivity index (χ4n) is 2.46. The minimum absolute atomic E-state index is 0.223.